The Bertz CT molecular complexity index is 638. The van der Waals surface area contributed by atoms with E-state index in [0.29, 0.717) is 36.3 Å². The SMILES string of the molecule is C=CCN1CC[C@]23CC(=O)CC[C@H]2[C@H]1Cc1cccc(O)c13. The third-order valence-corrected chi connectivity index (χ3v) is 6.15. The highest BCUT2D eigenvalue weighted by Crippen LogP contribution is 2.56. The van der Waals surface area contributed by atoms with Crippen molar-refractivity contribution in [2.45, 2.75) is 43.6 Å². The Hall–Kier alpha value is -1.61. The van der Waals surface area contributed by atoms with E-state index < -0.39 is 0 Å². The lowest BCUT2D eigenvalue weighted by atomic mass is 9.52. The second kappa shape index (κ2) is 4.95. The number of ketones is 1. The van der Waals surface area contributed by atoms with Gasteiger partial charge in [0.1, 0.15) is 11.5 Å². The lowest BCUT2D eigenvalue weighted by Crippen LogP contribution is -2.61. The molecule has 3 heteroatoms. The van der Waals surface area contributed by atoms with Crippen LogP contribution in [0.15, 0.2) is 30.9 Å². The zero-order valence-electron chi connectivity index (χ0n) is 12.9. The molecule has 0 amide bonds. The molecule has 1 aromatic rings. The molecule has 0 aromatic heterocycles. The summed E-state index contributed by atoms with van der Waals surface area (Å²) < 4.78 is 0. The molecule has 0 radical (unpaired) electrons. The minimum atomic E-state index is -0.128. The van der Waals surface area contributed by atoms with Gasteiger partial charge < -0.3 is 5.11 Å². The number of phenols is 1. The van der Waals surface area contributed by atoms with Gasteiger partial charge in [-0.3, -0.25) is 9.69 Å². The van der Waals surface area contributed by atoms with Crippen LogP contribution in [0.1, 0.15) is 36.8 Å². The number of carbonyl (C=O) groups is 1. The van der Waals surface area contributed by atoms with Crippen molar-refractivity contribution in [2.75, 3.05) is 13.1 Å². The first kappa shape index (κ1) is 14.0. The molecule has 1 N–H and O–H groups in total. The summed E-state index contributed by atoms with van der Waals surface area (Å²) in [7, 11) is 0. The van der Waals surface area contributed by atoms with E-state index in [0.717, 1.165) is 37.9 Å². The summed E-state index contributed by atoms with van der Waals surface area (Å²) in [4.78, 5) is 14.8. The number of nitrogens with zero attached hydrogens (tertiary/aromatic N) is 1. The van der Waals surface area contributed by atoms with E-state index in [1.165, 1.54) is 5.56 Å². The molecular weight excluding hydrogens is 274 g/mol. The quantitative estimate of drug-likeness (QED) is 0.853. The Labute approximate surface area is 131 Å². The fourth-order valence-electron chi connectivity index (χ4n) is 5.38. The molecular formula is C19H23NO2. The van der Waals surface area contributed by atoms with E-state index >= 15 is 0 Å². The van der Waals surface area contributed by atoms with Gasteiger partial charge in [0.2, 0.25) is 0 Å². The Kier molecular flexibility index (Phi) is 3.15. The highest BCUT2D eigenvalue weighted by atomic mass is 16.3. The zero-order chi connectivity index (χ0) is 15.3. The van der Waals surface area contributed by atoms with E-state index in [-0.39, 0.29) is 5.41 Å². The molecule has 1 heterocycles. The monoisotopic (exact) mass is 297 g/mol. The van der Waals surface area contributed by atoms with Gasteiger partial charge in [-0.1, -0.05) is 18.2 Å². The third kappa shape index (κ3) is 1.81. The van der Waals surface area contributed by atoms with Crippen molar-refractivity contribution >= 4 is 5.78 Å². The standard InChI is InChI=1S/C19H23NO2/c1-2-9-20-10-8-19-12-14(21)6-7-15(19)16(20)11-13-4-3-5-17(22)18(13)19/h2-5,15-16,22H,1,6-12H2/t15-,16+,19-/m0/s1. The summed E-state index contributed by atoms with van der Waals surface area (Å²) in [5, 5.41) is 10.5. The molecule has 1 saturated heterocycles. The van der Waals surface area contributed by atoms with Crippen LogP contribution in [0, 0.1) is 5.92 Å². The maximum absolute atomic E-state index is 12.2. The predicted molar refractivity (Wildman–Crippen MR) is 86.0 cm³/mol. The van der Waals surface area contributed by atoms with Gasteiger partial charge in [-0.15, -0.1) is 6.58 Å². The minimum Gasteiger partial charge on any atom is -0.508 e. The van der Waals surface area contributed by atoms with Gasteiger partial charge in [-0.05, 0) is 43.4 Å². The molecule has 2 bridgehead atoms. The van der Waals surface area contributed by atoms with Gasteiger partial charge in [0.05, 0.1) is 0 Å². The van der Waals surface area contributed by atoms with Crippen molar-refractivity contribution in [2.24, 2.45) is 5.92 Å². The first-order valence-electron chi connectivity index (χ1n) is 8.34. The topological polar surface area (TPSA) is 40.5 Å². The zero-order valence-corrected chi connectivity index (χ0v) is 12.9. The maximum atomic E-state index is 12.2. The molecule has 2 aliphatic carbocycles. The fourth-order valence-corrected chi connectivity index (χ4v) is 5.38. The van der Waals surface area contributed by atoms with Crippen molar-refractivity contribution in [1.29, 1.82) is 0 Å². The number of benzene rings is 1. The van der Waals surface area contributed by atoms with Crippen LogP contribution in [-0.4, -0.2) is 34.9 Å². The van der Waals surface area contributed by atoms with Gasteiger partial charge in [-0.25, -0.2) is 0 Å². The number of fused-ring (bicyclic) bond motifs is 1. The van der Waals surface area contributed by atoms with Crippen LogP contribution < -0.4 is 0 Å². The van der Waals surface area contributed by atoms with Gasteiger partial charge in [-0.2, -0.15) is 0 Å². The van der Waals surface area contributed by atoms with E-state index in [4.69, 9.17) is 0 Å². The molecule has 0 unspecified atom stereocenters. The summed E-state index contributed by atoms with van der Waals surface area (Å²) in [6, 6.07) is 6.34. The van der Waals surface area contributed by atoms with E-state index in [2.05, 4.69) is 17.5 Å². The molecule has 3 atom stereocenters. The molecule has 2 fully saturated rings. The average molecular weight is 297 g/mol. The average Bonchev–Trinajstić information content (AvgIpc) is 2.49. The van der Waals surface area contributed by atoms with Crippen LogP contribution in [0.3, 0.4) is 0 Å². The van der Waals surface area contributed by atoms with Gasteiger partial charge >= 0.3 is 0 Å². The van der Waals surface area contributed by atoms with E-state index in [1.807, 2.05) is 12.1 Å². The van der Waals surface area contributed by atoms with Crippen molar-refractivity contribution in [1.82, 2.24) is 4.90 Å². The number of Topliss-reactive ketones (excluding diaryl/α,β-unsaturated/α-hetero) is 1. The van der Waals surface area contributed by atoms with E-state index in [9.17, 15) is 9.90 Å². The number of hydrogen-bond donors (Lipinski definition) is 1. The van der Waals surface area contributed by atoms with Crippen molar-refractivity contribution in [3.63, 3.8) is 0 Å². The van der Waals surface area contributed by atoms with Crippen LogP contribution in [0.25, 0.3) is 0 Å². The van der Waals surface area contributed by atoms with Crippen molar-refractivity contribution < 1.29 is 9.90 Å². The number of carbonyl (C=O) groups excluding carboxylic acids is 1. The van der Waals surface area contributed by atoms with Gasteiger partial charge in [0, 0.05) is 36.4 Å². The Morgan fingerprint density at radius 2 is 2.32 bits per heavy atom. The lowest BCUT2D eigenvalue weighted by molar-refractivity contribution is -0.127. The number of aromatic hydroxyl groups is 1. The summed E-state index contributed by atoms with van der Waals surface area (Å²) in [6.07, 6.45) is 6.22. The van der Waals surface area contributed by atoms with E-state index in [1.54, 1.807) is 6.07 Å². The second-order valence-corrected chi connectivity index (χ2v) is 7.13. The third-order valence-electron chi connectivity index (χ3n) is 6.15. The van der Waals surface area contributed by atoms with Gasteiger partial charge in [0.15, 0.2) is 0 Å². The van der Waals surface area contributed by atoms with Crippen LogP contribution in [0.4, 0.5) is 0 Å². The summed E-state index contributed by atoms with van der Waals surface area (Å²) in [5.41, 5.74) is 2.20. The second-order valence-electron chi connectivity index (χ2n) is 7.13. The molecule has 1 saturated carbocycles. The first-order valence-corrected chi connectivity index (χ1v) is 8.34. The van der Waals surface area contributed by atoms with Crippen LogP contribution in [0.2, 0.25) is 0 Å². The molecule has 116 valence electrons. The number of hydrogen-bond acceptors (Lipinski definition) is 3. The Morgan fingerprint density at radius 1 is 1.45 bits per heavy atom. The molecule has 22 heavy (non-hydrogen) atoms. The Balaban J connectivity index is 1.87. The van der Waals surface area contributed by atoms with Crippen LogP contribution >= 0.6 is 0 Å². The molecule has 0 spiro atoms. The summed E-state index contributed by atoms with van der Waals surface area (Å²) >= 11 is 0. The number of rotatable bonds is 2. The number of likely N-dealkylation sites (tertiary alicyclic amines) is 1. The fraction of sp³-hybridized carbons (Fsp3) is 0.526. The maximum Gasteiger partial charge on any atom is 0.133 e. The summed E-state index contributed by atoms with van der Waals surface area (Å²) in [5.74, 6) is 1.25. The molecule has 4 rings (SSSR count). The lowest BCUT2D eigenvalue weighted by Gasteiger charge is -2.58. The Morgan fingerprint density at radius 3 is 3.14 bits per heavy atom. The smallest absolute Gasteiger partial charge is 0.133 e. The van der Waals surface area contributed by atoms with Crippen LogP contribution in [-0.2, 0) is 16.6 Å². The predicted octanol–water partition coefficient (Wildman–Crippen LogP) is 2.82. The molecule has 1 aliphatic heterocycles. The molecule has 3 aliphatic rings. The highest BCUT2D eigenvalue weighted by molar-refractivity contribution is 5.82. The highest BCUT2D eigenvalue weighted by Gasteiger charge is 2.56. The largest absolute Gasteiger partial charge is 0.508 e. The summed E-state index contributed by atoms with van der Waals surface area (Å²) in [6.45, 7) is 5.81. The number of phenolic OH excluding ortho intramolecular Hbond substituents is 1. The first-order chi connectivity index (χ1) is 10.7. The van der Waals surface area contributed by atoms with Crippen molar-refractivity contribution in [3.8, 4) is 5.75 Å². The van der Waals surface area contributed by atoms with Crippen LogP contribution in [0.5, 0.6) is 5.75 Å². The molecule has 3 nitrogen and oxygen atoms in total. The normalized spacial score (nSPS) is 33.9. The molecule has 1 aromatic carbocycles. The van der Waals surface area contributed by atoms with Gasteiger partial charge in [0.25, 0.3) is 0 Å². The number of piperidine rings is 1. The van der Waals surface area contributed by atoms with Crippen molar-refractivity contribution in [3.05, 3.63) is 42.0 Å². The minimum absolute atomic E-state index is 0.128.